The summed E-state index contributed by atoms with van der Waals surface area (Å²) in [5.74, 6) is -0.898. The van der Waals surface area contributed by atoms with Crippen LogP contribution < -0.4 is 0 Å². The molecule has 2 atom stereocenters. The van der Waals surface area contributed by atoms with E-state index in [2.05, 4.69) is 4.99 Å². The summed E-state index contributed by atoms with van der Waals surface area (Å²) in [6, 6.07) is 13.1. The number of carbonyl (C=O) groups is 1. The van der Waals surface area contributed by atoms with Gasteiger partial charge in [0.25, 0.3) is 0 Å². The minimum absolute atomic E-state index is 0.218. The summed E-state index contributed by atoms with van der Waals surface area (Å²) in [4.78, 5) is 16.8. The van der Waals surface area contributed by atoms with Crippen molar-refractivity contribution in [2.45, 2.75) is 5.92 Å². The zero-order valence-electron chi connectivity index (χ0n) is 11.4. The first-order valence-electron chi connectivity index (χ1n) is 6.93. The molecule has 0 amide bonds. The average molecular weight is 332 g/mol. The molecule has 1 fully saturated rings. The highest BCUT2D eigenvalue weighted by Crippen LogP contribution is 2.47. The topological polar surface area (TPSA) is 38.7 Å². The quantitative estimate of drug-likeness (QED) is 0.727. The Balaban J connectivity index is 1.98. The second kappa shape index (κ2) is 5.11. The lowest BCUT2D eigenvalue weighted by Crippen LogP contribution is -2.28. The van der Waals surface area contributed by atoms with Crippen molar-refractivity contribution >= 4 is 40.6 Å². The van der Waals surface area contributed by atoms with E-state index in [0.29, 0.717) is 10.0 Å². The summed E-state index contributed by atoms with van der Waals surface area (Å²) in [6.45, 7) is 0.243. The van der Waals surface area contributed by atoms with Gasteiger partial charge in [0.1, 0.15) is 12.5 Å². The Bertz CT molecular complexity index is 816. The van der Waals surface area contributed by atoms with Crippen LogP contribution in [0, 0.1) is 5.92 Å². The predicted octanol–water partition coefficient (Wildman–Crippen LogP) is 4.38. The lowest BCUT2D eigenvalue weighted by molar-refractivity contribution is -0.141. The summed E-state index contributed by atoms with van der Waals surface area (Å²) in [6.07, 6.45) is 0. The van der Waals surface area contributed by atoms with E-state index >= 15 is 0 Å². The van der Waals surface area contributed by atoms with Crippen LogP contribution in [0.1, 0.15) is 17.0 Å². The van der Waals surface area contributed by atoms with Gasteiger partial charge in [0.2, 0.25) is 0 Å². The molecule has 0 aliphatic carbocycles. The number of rotatable bonds is 1. The number of esters is 1. The van der Waals surface area contributed by atoms with Gasteiger partial charge in [-0.05, 0) is 35.4 Å². The van der Waals surface area contributed by atoms with Crippen LogP contribution in [0.25, 0.3) is 0 Å². The lowest BCUT2D eigenvalue weighted by Gasteiger charge is -2.28. The molecule has 0 N–H and O–H groups in total. The molecular weight excluding hydrogens is 321 g/mol. The molecule has 2 aromatic carbocycles. The van der Waals surface area contributed by atoms with Crippen molar-refractivity contribution < 1.29 is 9.53 Å². The van der Waals surface area contributed by atoms with Gasteiger partial charge >= 0.3 is 5.97 Å². The van der Waals surface area contributed by atoms with Crippen molar-refractivity contribution in [1.29, 1.82) is 0 Å². The van der Waals surface area contributed by atoms with Gasteiger partial charge in [-0.25, -0.2) is 0 Å². The van der Waals surface area contributed by atoms with Crippen LogP contribution in [0.15, 0.2) is 47.5 Å². The van der Waals surface area contributed by atoms with Crippen molar-refractivity contribution in [3.05, 3.63) is 63.6 Å². The zero-order chi connectivity index (χ0) is 15.3. The number of ether oxygens (including phenoxy) is 1. The Labute approximate surface area is 137 Å². The maximum absolute atomic E-state index is 12.2. The van der Waals surface area contributed by atoms with E-state index in [9.17, 15) is 4.79 Å². The van der Waals surface area contributed by atoms with Gasteiger partial charge in [-0.15, -0.1) is 0 Å². The van der Waals surface area contributed by atoms with Gasteiger partial charge in [-0.3, -0.25) is 9.79 Å². The van der Waals surface area contributed by atoms with Crippen molar-refractivity contribution in [2.75, 3.05) is 6.61 Å². The fourth-order valence-corrected chi connectivity index (χ4v) is 3.61. The predicted molar refractivity (Wildman–Crippen MR) is 86.3 cm³/mol. The van der Waals surface area contributed by atoms with Crippen LogP contribution in [-0.4, -0.2) is 18.3 Å². The number of benzene rings is 2. The Hall–Kier alpha value is -1.84. The largest absolute Gasteiger partial charge is 0.459 e. The number of cyclic esters (lactones) is 1. The molecule has 3 nitrogen and oxygen atoms in total. The number of hydrogen-bond donors (Lipinski definition) is 0. The standard InChI is InChI=1S/C17H11Cl2NO2/c18-9-5-6-13-11(7-9)15(10-3-1-2-4-12(10)19)16-14(20-13)8-22-17(16)21/h1-7,15-16H,8H2. The third-order valence-electron chi connectivity index (χ3n) is 4.14. The molecule has 110 valence electrons. The van der Waals surface area contributed by atoms with Gasteiger partial charge in [0.05, 0.1) is 11.4 Å². The highest BCUT2D eigenvalue weighted by Gasteiger charge is 2.45. The minimum atomic E-state index is -0.425. The molecule has 4 rings (SSSR count). The molecule has 0 saturated carbocycles. The summed E-state index contributed by atoms with van der Waals surface area (Å²) in [7, 11) is 0. The van der Waals surface area contributed by atoms with Gasteiger partial charge < -0.3 is 4.74 Å². The molecule has 2 aliphatic heterocycles. The molecule has 5 heteroatoms. The molecular formula is C17H11Cl2NO2. The maximum Gasteiger partial charge on any atom is 0.316 e. The minimum Gasteiger partial charge on any atom is -0.459 e. The van der Waals surface area contributed by atoms with Crippen molar-refractivity contribution in [2.24, 2.45) is 10.9 Å². The first-order valence-corrected chi connectivity index (χ1v) is 7.69. The Kier molecular flexibility index (Phi) is 3.21. The van der Waals surface area contributed by atoms with Crippen LogP contribution in [0.5, 0.6) is 0 Å². The Morgan fingerprint density at radius 2 is 1.86 bits per heavy atom. The molecule has 0 aromatic heterocycles. The fourth-order valence-electron chi connectivity index (χ4n) is 3.18. The molecule has 2 unspecified atom stereocenters. The van der Waals surface area contributed by atoms with E-state index in [1.54, 1.807) is 6.07 Å². The smallest absolute Gasteiger partial charge is 0.316 e. The first-order chi connectivity index (χ1) is 10.6. The SMILES string of the molecule is O=C1OCC2=Nc3ccc(Cl)cc3C(c3ccccc3Cl)C12. The van der Waals surface area contributed by atoms with Gasteiger partial charge in [0.15, 0.2) is 0 Å². The van der Waals surface area contributed by atoms with Crippen LogP contribution >= 0.6 is 23.2 Å². The molecule has 0 spiro atoms. The number of hydrogen-bond acceptors (Lipinski definition) is 3. The third-order valence-corrected chi connectivity index (χ3v) is 4.72. The molecule has 0 bridgehead atoms. The second-order valence-corrected chi connectivity index (χ2v) is 6.23. The van der Waals surface area contributed by atoms with E-state index < -0.39 is 5.92 Å². The Morgan fingerprint density at radius 3 is 2.68 bits per heavy atom. The van der Waals surface area contributed by atoms with Gasteiger partial charge in [-0.1, -0.05) is 41.4 Å². The number of aliphatic imine (C=N–C) groups is 1. The summed E-state index contributed by atoms with van der Waals surface area (Å²) in [5, 5.41) is 1.24. The van der Waals surface area contributed by atoms with E-state index in [-0.39, 0.29) is 18.5 Å². The molecule has 22 heavy (non-hydrogen) atoms. The summed E-state index contributed by atoms with van der Waals surface area (Å²) < 4.78 is 5.21. The number of fused-ring (bicyclic) bond motifs is 2. The average Bonchev–Trinajstić information content (AvgIpc) is 2.87. The van der Waals surface area contributed by atoms with Gasteiger partial charge in [-0.2, -0.15) is 0 Å². The van der Waals surface area contributed by atoms with Crippen LogP contribution in [0.3, 0.4) is 0 Å². The highest BCUT2D eigenvalue weighted by molar-refractivity contribution is 6.32. The molecule has 2 aromatic rings. The number of carbonyl (C=O) groups excluding carboxylic acids is 1. The van der Waals surface area contributed by atoms with Crippen molar-refractivity contribution in [1.82, 2.24) is 0 Å². The van der Waals surface area contributed by atoms with Crippen LogP contribution in [0.4, 0.5) is 5.69 Å². The highest BCUT2D eigenvalue weighted by atomic mass is 35.5. The number of halogens is 2. The van der Waals surface area contributed by atoms with E-state index in [4.69, 9.17) is 27.9 Å². The number of nitrogens with zero attached hydrogens (tertiary/aromatic N) is 1. The Morgan fingerprint density at radius 1 is 1.05 bits per heavy atom. The first kappa shape index (κ1) is 13.8. The van der Waals surface area contributed by atoms with E-state index in [1.807, 2.05) is 36.4 Å². The maximum atomic E-state index is 12.2. The van der Waals surface area contributed by atoms with Crippen LogP contribution in [0.2, 0.25) is 10.0 Å². The zero-order valence-corrected chi connectivity index (χ0v) is 12.9. The molecule has 0 radical (unpaired) electrons. The third kappa shape index (κ3) is 2.04. The monoisotopic (exact) mass is 331 g/mol. The molecule has 1 saturated heterocycles. The van der Waals surface area contributed by atoms with Crippen molar-refractivity contribution in [3.63, 3.8) is 0 Å². The van der Waals surface area contributed by atoms with Crippen LogP contribution in [-0.2, 0) is 9.53 Å². The lowest BCUT2D eigenvalue weighted by atomic mass is 9.76. The second-order valence-electron chi connectivity index (χ2n) is 5.39. The van der Waals surface area contributed by atoms with Crippen molar-refractivity contribution in [3.8, 4) is 0 Å². The summed E-state index contributed by atoms with van der Waals surface area (Å²) in [5.41, 5.74) is 3.38. The molecule has 2 aliphatic rings. The van der Waals surface area contributed by atoms with E-state index in [1.165, 1.54) is 0 Å². The fraction of sp³-hybridized carbons (Fsp3) is 0.176. The normalized spacial score (nSPS) is 22.6. The molecule has 2 heterocycles. The van der Waals surface area contributed by atoms with Gasteiger partial charge in [0, 0.05) is 16.0 Å². The van der Waals surface area contributed by atoms with E-state index in [0.717, 1.165) is 22.5 Å². The summed E-state index contributed by atoms with van der Waals surface area (Å²) >= 11 is 12.5.